The molecule has 8 nitrogen and oxygen atoms in total. The number of imidazole rings is 1. The number of alkyl halides is 2. The predicted octanol–water partition coefficient (Wildman–Crippen LogP) is 1.46. The maximum Gasteiger partial charge on any atom is 0.388 e. The Morgan fingerprint density at radius 2 is 2.07 bits per heavy atom. The van der Waals surface area contributed by atoms with Crippen molar-refractivity contribution >= 4 is 5.91 Å². The lowest BCUT2D eigenvalue weighted by Crippen LogP contribution is -2.56. The largest absolute Gasteiger partial charge is 0.417 e. The van der Waals surface area contributed by atoms with Gasteiger partial charge in [-0.25, -0.2) is 9.67 Å². The summed E-state index contributed by atoms with van der Waals surface area (Å²) in [5.74, 6) is -0.460. The first-order valence-corrected chi connectivity index (χ1v) is 8.81. The molecule has 1 saturated heterocycles. The van der Waals surface area contributed by atoms with E-state index in [1.807, 2.05) is 11.6 Å². The maximum absolute atomic E-state index is 13.3. The summed E-state index contributed by atoms with van der Waals surface area (Å²) >= 11 is 0. The van der Waals surface area contributed by atoms with Gasteiger partial charge in [-0.3, -0.25) is 4.79 Å². The van der Waals surface area contributed by atoms with Crippen LogP contribution in [0.15, 0.2) is 12.4 Å². The summed E-state index contributed by atoms with van der Waals surface area (Å²) in [5, 5.41) is 4.09. The third-order valence-electron chi connectivity index (χ3n) is 5.42. The van der Waals surface area contributed by atoms with Crippen LogP contribution in [0.5, 0.6) is 5.88 Å². The molecule has 0 atom stereocenters. The molecule has 0 radical (unpaired) electrons. The second-order valence-corrected chi connectivity index (χ2v) is 6.87. The molecule has 10 heteroatoms. The summed E-state index contributed by atoms with van der Waals surface area (Å²) in [6.45, 7) is -1.41. The molecule has 0 unspecified atom stereocenters. The molecule has 2 aliphatic heterocycles. The van der Waals surface area contributed by atoms with Gasteiger partial charge in [-0.1, -0.05) is 0 Å². The van der Waals surface area contributed by atoms with Crippen molar-refractivity contribution in [3.05, 3.63) is 29.5 Å². The van der Waals surface area contributed by atoms with E-state index in [9.17, 15) is 13.6 Å². The lowest BCUT2D eigenvalue weighted by Gasteiger charge is -2.48. The lowest BCUT2D eigenvalue weighted by molar-refractivity contribution is -0.0553. The molecular weight excluding hydrogens is 360 g/mol. The van der Waals surface area contributed by atoms with Crippen molar-refractivity contribution in [2.45, 2.75) is 31.4 Å². The van der Waals surface area contributed by atoms with Crippen molar-refractivity contribution in [2.24, 2.45) is 14.1 Å². The van der Waals surface area contributed by atoms with Gasteiger partial charge < -0.3 is 18.9 Å². The Hall–Kier alpha value is -2.49. The van der Waals surface area contributed by atoms with Crippen molar-refractivity contribution < 1.29 is 23.0 Å². The number of hydrogen-bond acceptors (Lipinski definition) is 5. The van der Waals surface area contributed by atoms with E-state index in [1.54, 1.807) is 11.2 Å². The van der Waals surface area contributed by atoms with Crippen molar-refractivity contribution in [2.75, 3.05) is 19.8 Å². The molecule has 0 N–H and O–H groups in total. The molecule has 1 amide bonds. The maximum atomic E-state index is 13.3. The van der Waals surface area contributed by atoms with Crippen LogP contribution < -0.4 is 4.74 Å². The number of halogens is 2. The topological polar surface area (TPSA) is 74.4 Å². The number of amides is 1. The highest BCUT2D eigenvalue weighted by atomic mass is 19.3. The van der Waals surface area contributed by atoms with E-state index in [0.717, 1.165) is 16.1 Å². The van der Waals surface area contributed by atoms with E-state index < -0.39 is 12.2 Å². The molecule has 0 saturated carbocycles. The number of ether oxygens (including phenoxy) is 2. The van der Waals surface area contributed by atoms with Crippen LogP contribution in [0.2, 0.25) is 0 Å². The fraction of sp³-hybridized carbons (Fsp3) is 0.588. The summed E-state index contributed by atoms with van der Waals surface area (Å²) in [7, 11) is 3.41. The zero-order valence-electron chi connectivity index (χ0n) is 15.2. The Morgan fingerprint density at radius 1 is 1.33 bits per heavy atom. The Bertz CT molecular complexity index is 857. The zero-order valence-corrected chi connectivity index (χ0v) is 15.2. The fourth-order valence-electron chi connectivity index (χ4n) is 4.10. The minimum atomic E-state index is -2.98. The standard InChI is InChI=1S/C17H21F2N5O3/c1-22-10-20-14-12(22)3-6-24(17(14)4-7-26-8-5-17)15(25)11-9-13(23(2)21-11)27-16(18)19/h9-10,16H,3-8H2,1-2H3. The van der Waals surface area contributed by atoms with Gasteiger partial charge in [0.15, 0.2) is 5.69 Å². The minimum Gasteiger partial charge on any atom is -0.417 e. The Kier molecular flexibility index (Phi) is 4.37. The molecule has 146 valence electrons. The van der Waals surface area contributed by atoms with Gasteiger partial charge in [0.2, 0.25) is 5.88 Å². The Labute approximate surface area is 154 Å². The fourth-order valence-corrected chi connectivity index (χ4v) is 4.10. The average molecular weight is 381 g/mol. The van der Waals surface area contributed by atoms with Crippen molar-refractivity contribution in [1.29, 1.82) is 0 Å². The molecule has 2 aliphatic rings. The molecule has 0 aliphatic carbocycles. The molecule has 1 fully saturated rings. The quantitative estimate of drug-likeness (QED) is 0.805. The Morgan fingerprint density at radius 3 is 2.78 bits per heavy atom. The SMILES string of the molecule is Cn1cnc2c1CCN(C(=O)c1cc(OC(F)F)n(C)n1)C21CCOCC1. The minimum absolute atomic E-state index is 0.0818. The lowest BCUT2D eigenvalue weighted by atomic mass is 9.80. The molecule has 4 heterocycles. The second kappa shape index (κ2) is 6.59. The van der Waals surface area contributed by atoms with Crippen LogP contribution >= 0.6 is 0 Å². The summed E-state index contributed by atoms with van der Waals surface area (Å²) in [6.07, 6.45) is 3.71. The van der Waals surface area contributed by atoms with Crippen LogP contribution in [-0.4, -0.2) is 56.5 Å². The predicted molar refractivity (Wildman–Crippen MR) is 89.5 cm³/mol. The molecule has 4 rings (SSSR count). The number of hydrogen-bond donors (Lipinski definition) is 0. The summed E-state index contributed by atoms with van der Waals surface area (Å²) in [6, 6.07) is 1.26. The van der Waals surface area contributed by atoms with Gasteiger partial charge in [0.25, 0.3) is 5.91 Å². The molecular formula is C17H21F2N5O3. The van der Waals surface area contributed by atoms with Crippen LogP contribution in [0.3, 0.4) is 0 Å². The number of carbonyl (C=O) groups is 1. The van der Waals surface area contributed by atoms with Crippen LogP contribution in [0, 0.1) is 0 Å². The summed E-state index contributed by atoms with van der Waals surface area (Å²) in [5.41, 5.74) is 1.53. The van der Waals surface area contributed by atoms with E-state index in [4.69, 9.17) is 4.74 Å². The molecule has 27 heavy (non-hydrogen) atoms. The third-order valence-corrected chi connectivity index (χ3v) is 5.42. The molecule has 2 aromatic heterocycles. The summed E-state index contributed by atoms with van der Waals surface area (Å²) in [4.78, 5) is 19.6. The number of rotatable bonds is 3. The number of aromatic nitrogens is 4. The molecule has 1 spiro atoms. The van der Waals surface area contributed by atoms with E-state index >= 15 is 0 Å². The first-order valence-electron chi connectivity index (χ1n) is 8.81. The highest BCUT2D eigenvalue weighted by Crippen LogP contribution is 2.42. The van der Waals surface area contributed by atoms with Crippen LogP contribution in [0.25, 0.3) is 0 Å². The van der Waals surface area contributed by atoms with Gasteiger partial charge in [-0.2, -0.15) is 13.9 Å². The monoisotopic (exact) mass is 381 g/mol. The zero-order chi connectivity index (χ0) is 19.2. The average Bonchev–Trinajstić information content (AvgIpc) is 3.19. The first-order chi connectivity index (χ1) is 12.9. The van der Waals surface area contributed by atoms with Crippen LogP contribution in [-0.2, 0) is 30.8 Å². The van der Waals surface area contributed by atoms with Gasteiger partial charge in [0.1, 0.15) is 0 Å². The number of nitrogens with zero attached hydrogens (tertiary/aromatic N) is 5. The van der Waals surface area contributed by atoms with Crippen LogP contribution in [0.4, 0.5) is 8.78 Å². The highest BCUT2D eigenvalue weighted by molar-refractivity contribution is 5.93. The molecule has 2 aromatic rings. The van der Waals surface area contributed by atoms with Crippen molar-refractivity contribution in [1.82, 2.24) is 24.2 Å². The van der Waals surface area contributed by atoms with Gasteiger partial charge in [-0.15, -0.1) is 0 Å². The van der Waals surface area contributed by atoms with Gasteiger partial charge in [0.05, 0.1) is 17.6 Å². The second-order valence-electron chi connectivity index (χ2n) is 6.87. The van der Waals surface area contributed by atoms with Gasteiger partial charge >= 0.3 is 6.61 Å². The van der Waals surface area contributed by atoms with Crippen LogP contribution in [0.1, 0.15) is 34.7 Å². The third kappa shape index (κ3) is 2.88. The highest BCUT2D eigenvalue weighted by Gasteiger charge is 2.48. The molecule has 0 bridgehead atoms. The Balaban J connectivity index is 1.71. The van der Waals surface area contributed by atoms with Crippen molar-refractivity contribution in [3.8, 4) is 5.88 Å². The molecule has 0 aromatic carbocycles. The number of carbonyl (C=O) groups excluding carboxylic acids is 1. The number of aryl methyl sites for hydroxylation is 2. The normalized spacial score (nSPS) is 18.8. The van der Waals surface area contributed by atoms with Crippen molar-refractivity contribution in [3.63, 3.8) is 0 Å². The van der Waals surface area contributed by atoms with E-state index in [2.05, 4.69) is 14.8 Å². The van der Waals surface area contributed by atoms with E-state index in [0.29, 0.717) is 39.0 Å². The smallest absolute Gasteiger partial charge is 0.388 e. The first kappa shape index (κ1) is 17.9. The van der Waals surface area contributed by atoms with E-state index in [1.165, 1.54) is 13.1 Å². The summed E-state index contributed by atoms with van der Waals surface area (Å²) < 4.78 is 38.2. The number of fused-ring (bicyclic) bond motifs is 2. The van der Waals surface area contributed by atoms with E-state index in [-0.39, 0.29) is 17.5 Å². The van der Waals surface area contributed by atoms with Gasteiger partial charge in [-0.05, 0) is 12.8 Å². The van der Waals surface area contributed by atoms with Gasteiger partial charge in [0, 0.05) is 52.0 Å².